The lowest BCUT2D eigenvalue weighted by atomic mass is 10.1. The number of benzene rings is 3. The van der Waals surface area contributed by atoms with Crippen LogP contribution in [0.4, 0.5) is 5.69 Å². The molecule has 0 aliphatic carbocycles. The van der Waals surface area contributed by atoms with Crippen molar-refractivity contribution < 1.29 is 22.7 Å². The van der Waals surface area contributed by atoms with Gasteiger partial charge in [0.05, 0.1) is 34.7 Å². The summed E-state index contributed by atoms with van der Waals surface area (Å²) in [5, 5.41) is 0.567. The Labute approximate surface area is 222 Å². The minimum atomic E-state index is -4.27. The highest BCUT2D eigenvalue weighted by atomic mass is 35.5. The molecule has 0 atom stereocenters. The van der Waals surface area contributed by atoms with Gasteiger partial charge >= 0.3 is 0 Å². The number of thiocarbonyl (C=S) groups is 1. The molecule has 2 heterocycles. The fourth-order valence-corrected chi connectivity index (χ4v) is 6.83. The van der Waals surface area contributed by atoms with Crippen molar-refractivity contribution in [1.82, 2.24) is 4.90 Å². The number of ether oxygens (including phenoxy) is 1. The van der Waals surface area contributed by atoms with Crippen LogP contribution in [-0.2, 0) is 26.2 Å². The van der Waals surface area contributed by atoms with Crippen molar-refractivity contribution in [2.24, 2.45) is 0 Å². The van der Waals surface area contributed by atoms with Crippen LogP contribution in [0.2, 0.25) is 5.02 Å². The molecule has 5 rings (SSSR count). The van der Waals surface area contributed by atoms with Crippen LogP contribution in [0.25, 0.3) is 5.57 Å². The van der Waals surface area contributed by atoms with E-state index < -0.39 is 21.8 Å². The van der Waals surface area contributed by atoms with Crippen molar-refractivity contribution in [3.63, 3.8) is 0 Å². The number of fused-ring (bicyclic) bond motifs is 1. The van der Waals surface area contributed by atoms with Gasteiger partial charge in [0.2, 0.25) is 0 Å². The number of sulfonamides is 1. The molecule has 0 N–H and O–H groups in total. The summed E-state index contributed by atoms with van der Waals surface area (Å²) in [6.45, 7) is 0.197. The van der Waals surface area contributed by atoms with Crippen LogP contribution >= 0.6 is 35.6 Å². The smallest absolute Gasteiger partial charge is 0.274 e. The minimum absolute atomic E-state index is 0.0126. The fraction of sp³-hybridized carbons (Fsp3) is 0.0800. The number of carbonyl (C=O) groups excluding carboxylic acids is 2. The van der Waals surface area contributed by atoms with E-state index >= 15 is 0 Å². The first-order chi connectivity index (χ1) is 17.2. The second-order valence-electron chi connectivity index (χ2n) is 7.86. The van der Waals surface area contributed by atoms with Gasteiger partial charge in [-0.3, -0.25) is 14.5 Å². The first-order valence-corrected chi connectivity index (χ1v) is 13.6. The normalized spacial score (nSPS) is 17.7. The Morgan fingerprint density at radius 2 is 1.61 bits per heavy atom. The number of para-hydroxylation sites is 1. The zero-order chi connectivity index (χ0) is 25.6. The maximum Gasteiger partial charge on any atom is 0.274 e. The quantitative estimate of drug-likeness (QED) is 0.328. The lowest BCUT2D eigenvalue weighted by molar-refractivity contribution is -0.122. The van der Waals surface area contributed by atoms with Crippen LogP contribution in [0.3, 0.4) is 0 Å². The molecule has 0 aromatic heterocycles. The minimum Gasteiger partial charge on any atom is -0.497 e. The summed E-state index contributed by atoms with van der Waals surface area (Å²) in [6.07, 6.45) is 0. The molecule has 0 saturated carbocycles. The van der Waals surface area contributed by atoms with Gasteiger partial charge in [-0.1, -0.05) is 65.9 Å². The lowest BCUT2D eigenvalue weighted by Crippen LogP contribution is -2.34. The van der Waals surface area contributed by atoms with Gasteiger partial charge in [0.25, 0.3) is 21.8 Å². The molecule has 7 nitrogen and oxygen atoms in total. The summed E-state index contributed by atoms with van der Waals surface area (Å²) in [5.74, 6) is -0.784. The molecule has 3 aromatic rings. The highest BCUT2D eigenvalue weighted by Gasteiger charge is 2.46. The van der Waals surface area contributed by atoms with E-state index in [0.29, 0.717) is 16.3 Å². The largest absolute Gasteiger partial charge is 0.497 e. The maximum atomic E-state index is 13.7. The van der Waals surface area contributed by atoms with Crippen LogP contribution in [-0.4, -0.2) is 36.6 Å². The number of thioether (sulfide) groups is 1. The van der Waals surface area contributed by atoms with E-state index in [-0.39, 0.29) is 31.9 Å². The zero-order valence-electron chi connectivity index (χ0n) is 18.7. The molecule has 36 heavy (non-hydrogen) atoms. The monoisotopic (exact) mass is 556 g/mol. The number of rotatable bonds is 5. The summed E-state index contributed by atoms with van der Waals surface area (Å²) in [7, 11) is -2.80. The second-order valence-corrected chi connectivity index (χ2v) is 11.7. The molecular weight excluding hydrogens is 540 g/mol. The van der Waals surface area contributed by atoms with Gasteiger partial charge in [0.15, 0.2) is 0 Å². The van der Waals surface area contributed by atoms with E-state index in [2.05, 4.69) is 0 Å². The SMILES string of the molecule is COc1ccc(S(=O)(=O)N2C(=O)/C(=C3\SC(=S)N(Cc4ccc(Cl)cc4)C3=O)c3ccccc32)cc1. The molecule has 1 saturated heterocycles. The van der Waals surface area contributed by atoms with E-state index in [1.165, 1.54) is 42.3 Å². The number of amides is 2. The molecular formula is C25H17ClN2O5S3. The molecule has 0 spiro atoms. The number of halogens is 1. The predicted molar refractivity (Wildman–Crippen MR) is 143 cm³/mol. The molecule has 0 bridgehead atoms. The van der Waals surface area contributed by atoms with Crippen molar-refractivity contribution in [2.45, 2.75) is 11.4 Å². The van der Waals surface area contributed by atoms with Gasteiger partial charge in [-0.2, -0.15) is 4.31 Å². The maximum absolute atomic E-state index is 13.7. The van der Waals surface area contributed by atoms with Crippen LogP contribution in [0, 0.1) is 0 Å². The summed E-state index contributed by atoms with van der Waals surface area (Å²) in [5.41, 5.74) is 1.35. The Kier molecular flexibility index (Phi) is 6.37. The van der Waals surface area contributed by atoms with E-state index in [1.54, 1.807) is 42.5 Å². The third-order valence-corrected chi connectivity index (χ3v) is 9.13. The molecule has 1 fully saturated rings. The van der Waals surface area contributed by atoms with Gasteiger partial charge in [-0.05, 0) is 48.0 Å². The molecule has 2 amide bonds. The first-order valence-electron chi connectivity index (χ1n) is 10.6. The highest BCUT2D eigenvalue weighted by Crippen LogP contribution is 2.46. The van der Waals surface area contributed by atoms with Gasteiger partial charge in [0, 0.05) is 10.6 Å². The summed E-state index contributed by atoms with van der Waals surface area (Å²) < 4.78 is 33.2. The molecule has 0 unspecified atom stereocenters. The lowest BCUT2D eigenvalue weighted by Gasteiger charge is -2.17. The van der Waals surface area contributed by atoms with Gasteiger partial charge in [-0.15, -0.1) is 0 Å². The number of nitrogens with zero attached hydrogens (tertiary/aromatic N) is 2. The van der Waals surface area contributed by atoms with Crippen molar-refractivity contribution in [1.29, 1.82) is 0 Å². The van der Waals surface area contributed by atoms with E-state index in [9.17, 15) is 18.0 Å². The summed E-state index contributed by atoms with van der Waals surface area (Å²) in [4.78, 5) is 28.5. The molecule has 2 aliphatic heterocycles. The third kappa shape index (κ3) is 4.09. The van der Waals surface area contributed by atoms with Crippen molar-refractivity contribution in [3.05, 3.63) is 93.9 Å². The average Bonchev–Trinajstić information content (AvgIpc) is 3.32. The van der Waals surface area contributed by atoms with Crippen LogP contribution in [0.5, 0.6) is 5.75 Å². The van der Waals surface area contributed by atoms with E-state index in [4.69, 9.17) is 28.6 Å². The zero-order valence-corrected chi connectivity index (χ0v) is 21.9. The average molecular weight is 557 g/mol. The van der Waals surface area contributed by atoms with Crippen molar-refractivity contribution >= 4 is 73.0 Å². The Balaban J connectivity index is 1.56. The Bertz CT molecular complexity index is 1550. The number of hydrogen-bond acceptors (Lipinski definition) is 7. The van der Waals surface area contributed by atoms with Crippen LogP contribution in [0.15, 0.2) is 82.6 Å². The predicted octanol–water partition coefficient (Wildman–Crippen LogP) is 4.86. The molecule has 182 valence electrons. The summed E-state index contributed by atoms with van der Waals surface area (Å²) in [6, 6.07) is 19.2. The van der Waals surface area contributed by atoms with Crippen molar-refractivity contribution in [3.8, 4) is 5.75 Å². The third-order valence-electron chi connectivity index (χ3n) is 5.72. The van der Waals surface area contributed by atoms with E-state index in [0.717, 1.165) is 21.6 Å². The van der Waals surface area contributed by atoms with Gasteiger partial charge in [-0.25, -0.2) is 8.42 Å². The Morgan fingerprint density at radius 3 is 2.28 bits per heavy atom. The fourth-order valence-electron chi connectivity index (χ4n) is 3.96. The molecule has 0 radical (unpaired) electrons. The Morgan fingerprint density at radius 1 is 0.944 bits per heavy atom. The Hall–Kier alpha value is -3.18. The standard InChI is InChI=1S/C25H17ClN2O5S3/c1-33-17-10-12-18(13-11-17)36(31,32)28-20-5-3-2-4-19(20)21(23(28)29)22-24(30)27(25(34)35-22)14-15-6-8-16(26)9-7-15/h2-13H,14H2,1H3/b22-21-. The molecule has 11 heteroatoms. The summed E-state index contributed by atoms with van der Waals surface area (Å²) >= 11 is 12.4. The first kappa shape index (κ1) is 24.5. The van der Waals surface area contributed by atoms with Crippen LogP contribution in [0.1, 0.15) is 11.1 Å². The van der Waals surface area contributed by atoms with Gasteiger partial charge in [0.1, 0.15) is 10.1 Å². The van der Waals surface area contributed by atoms with E-state index in [1.807, 2.05) is 0 Å². The molecule has 2 aliphatic rings. The number of carbonyl (C=O) groups is 2. The highest BCUT2D eigenvalue weighted by molar-refractivity contribution is 8.26. The number of methoxy groups -OCH3 is 1. The number of hydrogen-bond donors (Lipinski definition) is 0. The topological polar surface area (TPSA) is 84.0 Å². The second kappa shape index (κ2) is 9.36. The van der Waals surface area contributed by atoms with Crippen LogP contribution < -0.4 is 9.04 Å². The molecule has 3 aromatic carbocycles. The van der Waals surface area contributed by atoms with Gasteiger partial charge < -0.3 is 4.74 Å². The van der Waals surface area contributed by atoms with Crippen molar-refractivity contribution in [2.75, 3.05) is 11.4 Å². The number of anilines is 1.